The number of halogens is 1. The van der Waals surface area contributed by atoms with Gasteiger partial charge in [-0.1, -0.05) is 17.7 Å². The van der Waals surface area contributed by atoms with E-state index < -0.39 is 0 Å². The maximum atomic E-state index is 5.65. The Morgan fingerprint density at radius 3 is 2.84 bits per heavy atom. The molecule has 0 bridgehead atoms. The van der Waals surface area contributed by atoms with Crippen molar-refractivity contribution in [3.63, 3.8) is 0 Å². The average Bonchev–Trinajstić information content (AvgIpc) is 2.45. The molecule has 0 atom stereocenters. The van der Waals surface area contributed by atoms with Crippen LogP contribution in [0.1, 0.15) is 5.56 Å². The lowest BCUT2D eigenvalue weighted by atomic mass is 10.2. The third kappa shape index (κ3) is 5.96. The molecule has 5 heteroatoms. The van der Waals surface area contributed by atoms with Crippen molar-refractivity contribution in [3.05, 3.63) is 35.4 Å². The molecule has 0 aliphatic carbocycles. The fraction of sp³-hybridized carbons (Fsp3) is 0.429. The standard InChI is InChI=1S/C14H20ClNO3/c1-17-9-7-16-11-12-4-5-13(18-2)10-14(12)19-8-3-6-15/h3-6,10,16H,7-9,11H2,1-2H3. The lowest BCUT2D eigenvalue weighted by molar-refractivity contribution is 0.199. The van der Waals surface area contributed by atoms with E-state index in [-0.39, 0.29) is 0 Å². The minimum Gasteiger partial charge on any atom is -0.497 e. The predicted molar refractivity (Wildman–Crippen MR) is 77.1 cm³/mol. The first kappa shape index (κ1) is 15.8. The summed E-state index contributed by atoms with van der Waals surface area (Å²) in [6, 6.07) is 5.77. The Labute approximate surface area is 119 Å². The van der Waals surface area contributed by atoms with Crippen LogP contribution in [0, 0.1) is 0 Å². The van der Waals surface area contributed by atoms with Crippen molar-refractivity contribution in [2.75, 3.05) is 34.0 Å². The van der Waals surface area contributed by atoms with Crippen LogP contribution < -0.4 is 14.8 Å². The average molecular weight is 286 g/mol. The molecule has 0 saturated heterocycles. The molecule has 1 rings (SSSR count). The highest BCUT2D eigenvalue weighted by molar-refractivity contribution is 6.25. The second-order valence-corrected chi connectivity index (χ2v) is 4.07. The number of benzene rings is 1. The molecule has 0 fully saturated rings. The van der Waals surface area contributed by atoms with Crippen LogP contribution in [-0.2, 0) is 11.3 Å². The maximum absolute atomic E-state index is 5.65. The fourth-order valence-electron chi connectivity index (χ4n) is 1.51. The van der Waals surface area contributed by atoms with Gasteiger partial charge in [0.2, 0.25) is 0 Å². The SMILES string of the molecule is COCCNCc1ccc(OC)cc1OCC=CCl. The molecule has 4 nitrogen and oxygen atoms in total. The first-order valence-corrected chi connectivity index (χ1v) is 6.50. The van der Waals surface area contributed by atoms with Gasteiger partial charge in [-0.2, -0.15) is 0 Å². The van der Waals surface area contributed by atoms with Crippen LogP contribution in [0.5, 0.6) is 11.5 Å². The predicted octanol–water partition coefficient (Wildman–Crippen LogP) is 2.56. The molecule has 19 heavy (non-hydrogen) atoms. The highest BCUT2D eigenvalue weighted by atomic mass is 35.5. The Morgan fingerprint density at radius 1 is 1.32 bits per heavy atom. The maximum Gasteiger partial charge on any atom is 0.127 e. The summed E-state index contributed by atoms with van der Waals surface area (Å²) in [6.07, 6.45) is 1.74. The third-order valence-corrected chi connectivity index (χ3v) is 2.68. The molecule has 1 aromatic rings. The van der Waals surface area contributed by atoms with Gasteiger partial charge < -0.3 is 19.5 Å². The monoisotopic (exact) mass is 285 g/mol. The van der Waals surface area contributed by atoms with Crippen molar-refractivity contribution in [3.8, 4) is 11.5 Å². The van der Waals surface area contributed by atoms with Crippen molar-refractivity contribution in [1.29, 1.82) is 0 Å². The minimum absolute atomic E-state index is 0.432. The van der Waals surface area contributed by atoms with E-state index in [1.807, 2.05) is 18.2 Å². The highest BCUT2D eigenvalue weighted by Gasteiger charge is 2.05. The van der Waals surface area contributed by atoms with Gasteiger partial charge in [-0.05, 0) is 12.1 Å². The van der Waals surface area contributed by atoms with Gasteiger partial charge in [0, 0.05) is 37.4 Å². The highest BCUT2D eigenvalue weighted by Crippen LogP contribution is 2.24. The van der Waals surface area contributed by atoms with E-state index in [0.29, 0.717) is 19.8 Å². The molecule has 0 unspecified atom stereocenters. The summed E-state index contributed by atoms with van der Waals surface area (Å²) in [5, 5.41) is 3.28. The molecule has 0 radical (unpaired) electrons. The van der Waals surface area contributed by atoms with Crippen molar-refractivity contribution in [2.24, 2.45) is 0 Å². The van der Waals surface area contributed by atoms with Gasteiger partial charge in [0.05, 0.1) is 13.7 Å². The largest absolute Gasteiger partial charge is 0.497 e. The zero-order valence-corrected chi connectivity index (χ0v) is 12.1. The van der Waals surface area contributed by atoms with Gasteiger partial charge >= 0.3 is 0 Å². The summed E-state index contributed by atoms with van der Waals surface area (Å²) >= 11 is 5.47. The van der Waals surface area contributed by atoms with Gasteiger partial charge in [-0.3, -0.25) is 0 Å². The van der Waals surface area contributed by atoms with E-state index in [0.717, 1.165) is 23.6 Å². The van der Waals surface area contributed by atoms with Crippen molar-refractivity contribution in [1.82, 2.24) is 5.32 Å². The van der Waals surface area contributed by atoms with Crippen molar-refractivity contribution >= 4 is 11.6 Å². The summed E-state index contributed by atoms with van der Waals surface area (Å²) in [5.41, 5.74) is 2.51. The molecule has 106 valence electrons. The Kier molecular flexibility index (Phi) is 8.05. The van der Waals surface area contributed by atoms with Crippen LogP contribution in [0.4, 0.5) is 0 Å². The molecule has 0 aliphatic heterocycles. The van der Waals surface area contributed by atoms with Crippen LogP contribution in [0.15, 0.2) is 29.8 Å². The normalized spacial score (nSPS) is 10.9. The Balaban J connectivity index is 2.65. The lowest BCUT2D eigenvalue weighted by Gasteiger charge is -2.12. The van der Waals surface area contributed by atoms with E-state index >= 15 is 0 Å². The van der Waals surface area contributed by atoms with E-state index in [1.54, 1.807) is 20.3 Å². The zero-order chi connectivity index (χ0) is 13.9. The van der Waals surface area contributed by atoms with Crippen molar-refractivity contribution < 1.29 is 14.2 Å². The van der Waals surface area contributed by atoms with E-state index in [9.17, 15) is 0 Å². The van der Waals surface area contributed by atoms with Gasteiger partial charge in [0.1, 0.15) is 18.1 Å². The lowest BCUT2D eigenvalue weighted by Crippen LogP contribution is -2.19. The number of hydrogen-bond acceptors (Lipinski definition) is 4. The third-order valence-electron chi connectivity index (χ3n) is 2.50. The van der Waals surface area contributed by atoms with E-state index in [4.69, 9.17) is 25.8 Å². The van der Waals surface area contributed by atoms with Gasteiger partial charge in [0.25, 0.3) is 0 Å². The van der Waals surface area contributed by atoms with Crippen LogP contribution >= 0.6 is 11.6 Å². The molecule has 0 aliphatic rings. The van der Waals surface area contributed by atoms with Gasteiger partial charge in [-0.15, -0.1) is 0 Å². The van der Waals surface area contributed by atoms with Crippen LogP contribution in [0.3, 0.4) is 0 Å². The first-order chi connectivity index (χ1) is 9.31. The molecule has 1 aromatic carbocycles. The van der Waals surface area contributed by atoms with E-state index in [2.05, 4.69) is 5.32 Å². The zero-order valence-electron chi connectivity index (χ0n) is 11.3. The number of nitrogens with one attached hydrogen (secondary N) is 1. The summed E-state index contributed by atoms with van der Waals surface area (Å²) < 4.78 is 15.8. The number of ether oxygens (including phenoxy) is 3. The smallest absolute Gasteiger partial charge is 0.127 e. The Bertz CT molecular complexity index is 396. The minimum atomic E-state index is 0.432. The molecule has 0 spiro atoms. The van der Waals surface area contributed by atoms with Crippen LogP contribution in [-0.4, -0.2) is 34.0 Å². The van der Waals surface area contributed by atoms with Crippen LogP contribution in [0.25, 0.3) is 0 Å². The van der Waals surface area contributed by atoms with Gasteiger partial charge in [0.15, 0.2) is 0 Å². The summed E-state index contributed by atoms with van der Waals surface area (Å²) in [6.45, 7) is 2.62. The second-order valence-electron chi connectivity index (χ2n) is 3.82. The summed E-state index contributed by atoms with van der Waals surface area (Å²) in [7, 11) is 3.32. The fourth-order valence-corrected chi connectivity index (χ4v) is 1.59. The number of methoxy groups -OCH3 is 2. The molecule has 0 aromatic heterocycles. The summed E-state index contributed by atoms with van der Waals surface area (Å²) in [4.78, 5) is 0. The quantitative estimate of drug-likeness (QED) is 0.708. The Morgan fingerprint density at radius 2 is 2.16 bits per heavy atom. The topological polar surface area (TPSA) is 39.7 Å². The van der Waals surface area contributed by atoms with Gasteiger partial charge in [-0.25, -0.2) is 0 Å². The Hall–Kier alpha value is -1.23. The molecule has 1 N–H and O–H groups in total. The summed E-state index contributed by atoms with van der Waals surface area (Å²) in [5.74, 6) is 1.56. The molecular weight excluding hydrogens is 266 g/mol. The first-order valence-electron chi connectivity index (χ1n) is 6.06. The molecule has 0 saturated carbocycles. The molecule has 0 amide bonds. The van der Waals surface area contributed by atoms with E-state index in [1.165, 1.54) is 5.54 Å². The van der Waals surface area contributed by atoms with Crippen molar-refractivity contribution in [2.45, 2.75) is 6.54 Å². The second kappa shape index (κ2) is 9.67. The van der Waals surface area contributed by atoms with Crippen LogP contribution in [0.2, 0.25) is 0 Å². The molecular formula is C14H20ClNO3. The number of hydrogen-bond donors (Lipinski definition) is 1. The number of rotatable bonds is 9. The molecule has 0 heterocycles.